The van der Waals surface area contributed by atoms with Crippen LogP contribution in [0.5, 0.6) is 0 Å². The van der Waals surface area contributed by atoms with E-state index in [0.717, 1.165) is 36.7 Å². The molecule has 4 rings (SSSR count). The summed E-state index contributed by atoms with van der Waals surface area (Å²) in [7, 11) is 0. The van der Waals surface area contributed by atoms with Crippen LogP contribution in [-0.4, -0.2) is 42.6 Å². The molecule has 148 valence electrons. The zero-order chi connectivity index (χ0) is 20.1. The molecule has 1 aliphatic heterocycles. The summed E-state index contributed by atoms with van der Waals surface area (Å²) in [6, 6.07) is 7.88. The summed E-state index contributed by atoms with van der Waals surface area (Å²) in [4.78, 5) is 32.7. The maximum Gasteiger partial charge on any atom is 0.352 e. The Kier molecular flexibility index (Phi) is 4.48. The normalized spacial score (nSPS) is 18.1. The van der Waals surface area contributed by atoms with E-state index in [1.807, 2.05) is 49.9 Å². The van der Waals surface area contributed by atoms with Crippen molar-refractivity contribution < 1.29 is 4.79 Å². The van der Waals surface area contributed by atoms with Crippen LogP contribution in [0.3, 0.4) is 0 Å². The van der Waals surface area contributed by atoms with Crippen molar-refractivity contribution in [2.75, 3.05) is 6.54 Å². The monoisotopic (exact) mass is 381 g/mol. The van der Waals surface area contributed by atoms with E-state index in [2.05, 4.69) is 12.0 Å². The zero-order valence-corrected chi connectivity index (χ0v) is 17.0. The van der Waals surface area contributed by atoms with Crippen molar-refractivity contribution in [3.8, 4) is 0 Å². The van der Waals surface area contributed by atoms with Gasteiger partial charge in [0.05, 0.1) is 5.52 Å². The summed E-state index contributed by atoms with van der Waals surface area (Å²) < 4.78 is 2.86. The number of piperidine rings is 1. The van der Waals surface area contributed by atoms with Gasteiger partial charge in [-0.3, -0.25) is 4.79 Å². The highest BCUT2D eigenvalue weighted by atomic mass is 16.2. The minimum absolute atomic E-state index is 0.0389. The van der Waals surface area contributed by atoms with Crippen molar-refractivity contribution in [1.82, 2.24) is 24.1 Å². The summed E-state index contributed by atoms with van der Waals surface area (Å²) in [6.45, 7) is 8.84. The lowest BCUT2D eigenvalue weighted by Crippen LogP contribution is -2.44. The predicted molar refractivity (Wildman–Crippen MR) is 108 cm³/mol. The molecule has 0 spiro atoms. The average Bonchev–Trinajstić information content (AvgIpc) is 2.97. The zero-order valence-electron chi connectivity index (χ0n) is 17.0. The van der Waals surface area contributed by atoms with Crippen LogP contribution in [0.15, 0.2) is 29.1 Å². The van der Waals surface area contributed by atoms with E-state index in [0.29, 0.717) is 11.5 Å². The van der Waals surface area contributed by atoms with Gasteiger partial charge in [0.1, 0.15) is 12.4 Å². The van der Waals surface area contributed by atoms with Gasteiger partial charge in [0.25, 0.3) is 0 Å². The van der Waals surface area contributed by atoms with Crippen molar-refractivity contribution in [3.63, 3.8) is 0 Å². The minimum Gasteiger partial charge on any atom is -0.338 e. The molecular formula is C21H27N5O2. The second kappa shape index (κ2) is 6.72. The average molecular weight is 381 g/mol. The van der Waals surface area contributed by atoms with Crippen molar-refractivity contribution in [3.05, 3.63) is 40.6 Å². The highest BCUT2D eigenvalue weighted by Crippen LogP contribution is 2.25. The number of carbonyl (C=O) groups is 1. The standard InChI is InChI=1S/C21H27N5O2/c1-14-9-7-8-12-24(14)17(27)13-25-20(28)26-18(23-25)15-10-5-6-11-16(15)22-19(26)21(2,3)4/h5-6,10-11,14H,7-9,12-13H2,1-4H3/t14-/m0/s1. The van der Waals surface area contributed by atoms with Gasteiger partial charge in [0.2, 0.25) is 5.91 Å². The largest absolute Gasteiger partial charge is 0.352 e. The van der Waals surface area contributed by atoms with Crippen LogP contribution >= 0.6 is 0 Å². The smallest absolute Gasteiger partial charge is 0.338 e. The van der Waals surface area contributed by atoms with Crippen molar-refractivity contribution in [2.45, 2.75) is 65.0 Å². The van der Waals surface area contributed by atoms with Gasteiger partial charge in [-0.2, -0.15) is 0 Å². The molecule has 1 aliphatic rings. The Morgan fingerprint density at radius 1 is 1.21 bits per heavy atom. The molecule has 1 aromatic carbocycles. The van der Waals surface area contributed by atoms with Crippen molar-refractivity contribution >= 4 is 22.5 Å². The second-order valence-corrected chi connectivity index (χ2v) is 8.73. The van der Waals surface area contributed by atoms with Crippen molar-refractivity contribution in [2.24, 2.45) is 0 Å². The van der Waals surface area contributed by atoms with E-state index in [-0.39, 0.29) is 29.6 Å². The lowest BCUT2D eigenvalue weighted by Gasteiger charge is -2.33. The van der Waals surface area contributed by atoms with Gasteiger partial charge in [0, 0.05) is 23.4 Å². The molecular weight excluding hydrogens is 354 g/mol. The number of hydrogen-bond acceptors (Lipinski definition) is 4. The molecule has 1 saturated heterocycles. The Balaban J connectivity index is 1.85. The van der Waals surface area contributed by atoms with E-state index in [1.165, 1.54) is 4.68 Å². The molecule has 0 saturated carbocycles. The molecule has 1 fully saturated rings. The first kappa shape index (κ1) is 18.7. The first-order valence-corrected chi connectivity index (χ1v) is 9.95. The molecule has 28 heavy (non-hydrogen) atoms. The first-order chi connectivity index (χ1) is 13.3. The minimum atomic E-state index is -0.342. The van der Waals surface area contributed by atoms with Crippen LogP contribution in [0.1, 0.15) is 52.8 Å². The number of para-hydroxylation sites is 1. The van der Waals surface area contributed by atoms with Gasteiger partial charge >= 0.3 is 5.69 Å². The molecule has 0 unspecified atom stereocenters. The van der Waals surface area contributed by atoms with E-state index in [1.54, 1.807) is 4.40 Å². The number of amides is 1. The molecule has 3 heterocycles. The summed E-state index contributed by atoms with van der Waals surface area (Å²) in [6.07, 6.45) is 3.17. The van der Waals surface area contributed by atoms with Crippen LogP contribution in [0.25, 0.3) is 16.6 Å². The van der Waals surface area contributed by atoms with Crippen LogP contribution in [-0.2, 0) is 16.8 Å². The van der Waals surface area contributed by atoms with Crippen LogP contribution < -0.4 is 5.69 Å². The van der Waals surface area contributed by atoms with E-state index in [9.17, 15) is 9.59 Å². The van der Waals surface area contributed by atoms with Crippen LogP contribution in [0.2, 0.25) is 0 Å². The van der Waals surface area contributed by atoms with Crippen LogP contribution in [0, 0.1) is 0 Å². The fourth-order valence-corrected chi connectivity index (χ4v) is 3.99. The summed E-state index contributed by atoms with van der Waals surface area (Å²) >= 11 is 0. The Hall–Kier alpha value is -2.70. The predicted octanol–water partition coefficient (Wildman–Crippen LogP) is 2.74. The molecule has 2 aromatic heterocycles. The molecule has 0 N–H and O–H groups in total. The lowest BCUT2D eigenvalue weighted by atomic mass is 9.95. The molecule has 1 amide bonds. The lowest BCUT2D eigenvalue weighted by molar-refractivity contribution is -0.135. The second-order valence-electron chi connectivity index (χ2n) is 8.73. The molecule has 1 atom stereocenters. The maximum atomic E-state index is 13.2. The molecule has 7 nitrogen and oxygen atoms in total. The molecule has 0 aliphatic carbocycles. The summed E-state index contributed by atoms with van der Waals surface area (Å²) in [5, 5.41) is 5.36. The van der Waals surface area contributed by atoms with Gasteiger partial charge in [-0.1, -0.05) is 32.9 Å². The Bertz CT molecular complexity index is 1110. The van der Waals surface area contributed by atoms with E-state index >= 15 is 0 Å². The first-order valence-electron chi connectivity index (χ1n) is 9.95. The number of fused-ring (bicyclic) bond motifs is 3. The number of hydrogen-bond donors (Lipinski definition) is 0. The molecule has 0 bridgehead atoms. The maximum absolute atomic E-state index is 13.2. The van der Waals surface area contributed by atoms with E-state index < -0.39 is 0 Å². The number of nitrogens with zero attached hydrogens (tertiary/aromatic N) is 5. The van der Waals surface area contributed by atoms with Crippen LogP contribution in [0.4, 0.5) is 0 Å². The Labute approximate surface area is 164 Å². The number of benzene rings is 1. The van der Waals surface area contributed by atoms with E-state index in [4.69, 9.17) is 4.98 Å². The third-order valence-electron chi connectivity index (χ3n) is 5.50. The fourth-order valence-electron chi connectivity index (χ4n) is 3.99. The Morgan fingerprint density at radius 3 is 2.68 bits per heavy atom. The van der Waals surface area contributed by atoms with Gasteiger partial charge in [0.15, 0.2) is 5.65 Å². The SMILES string of the molecule is C[C@H]1CCCCN1C(=O)Cn1nc2c3ccccc3nc(C(C)(C)C)n2c1=O. The summed E-state index contributed by atoms with van der Waals surface area (Å²) in [5.74, 6) is 0.600. The molecule has 7 heteroatoms. The fraction of sp³-hybridized carbons (Fsp3) is 0.524. The highest BCUT2D eigenvalue weighted by molar-refractivity contribution is 5.91. The van der Waals surface area contributed by atoms with Gasteiger partial charge < -0.3 is 4.90 Å². The Morgan fingerprint density at radius 2 is 1.96 bits per heavy atom. The number of aromatic nitrogens is 4. The molecule has 0 radical (unpaired) electrons. The summed E-state index contributed by atoms with van der Waals surface area (Å²) in [5.41, 5.74) is 0.704. The van der Waals surface area contributed by atoms with Gasteiger partial charge in [-0.05, 0) is 38.3 Å². The molecule has 3 aromatic rings. The quantitative estimate of drug-likeness (QED) is 0.684. The highest BCUT2D eigenvalue weighted by Gasteiger charge is 2.27. The number of rotatable bonds is 2. The van der Waals surface area contributed by atoms with Gasteiger partial charge in [-0.15, -0.1) is 5.10 Å². The number of carbonyl (C=O) groups excluding carboxylic acids is 1. The van der Waals surface area contributed by atoms with Gasteiger partial charge in [-0.25, -0.2) is 18.9 Å². The number of likely N-dealkylation sites (tertiary alicyclic amines) is 1. The third-order valence-corrected chi connectivity index (χ3v) is 5.50. The topological polar surface area (TPSA) is 72.5 Å². The van der Waals surface area contributed by atoms with Crippen molar-refractivity contribution in [1.29, 1.82) is 0 Å². The third kappa shape index (κ3) is 3.08.